The maximum atomic E-state index is 11.2. The van der Waals surface area contributed by atoms with E-state index in [1.54, 1.807) is 0 Å². The standard InChI is InChI=1S/C17H18N2O4S.Na.H/c1-3-19(4-2)13-7-5-12(6-8-13)17-18-15-11-14(24(20,21)22)9-10-16(15)23-17;;/h5-11H,3-4H2,1-2H3,(H,20,21,22);;. The summed E-state index contributed by atoms with van der Waals surface area (Å²) in [6.07, 6.45) is 0. The molecule has 0 saturated carbocycles. The van der Waals surface area contributed by atoms with Crippen LogP contribution >= 0.6 is 0 Å². The fourth-order valence-electron chi connectivity index (χ4n) is 2.59. The Balaban J connectivity index is 0.00000225. The summed E-state index contributed by atoms with van der Waals surface area (Å²) >= 11 is 0. The van der Waals surface area contributed by atoms with Crippen molar-refractivity contribution in [3.63, 3.8) is 0 Å². The molecule has 0 aliphatic heterocycles. The molecule has 25 heavy (non-hydrogen) atoms. The normalized spacial score (nSPS) is 11.3. The molecule has 3 aromatic rings. The number of hydrogen-bond acceptors (Lipinski definition) is 5. The van der Waals surface area contributed by atoms with Crippen LogP contribution in [0.1, 0.15) is 13.8 Å². The molecule has 0 bridgehead atoms. The Bertz CT molecular complexity index is 964. The molecule has 0 fully saturated rings. The summed E-state index contributed by atoms with van der Waals surface area (Å²) in [5.74, 6) is 0.406. The van der Waals surface area contributed by atoms with Crippen molar-refractivity contribution in [3.05, 3.63) is 42.5 Å². The summed E-state index contributed by atoms with van der Waals surface area (Å²) in [5, 5.41) is 0. The van der Waals surface area contributed by atoms with Gasteiger partial charge in [-0.25, -0.2) is 4.98 Å². The summed E-state index contributed by atoms with van der Waals surface area (Å²) < 4.78 is 37.2. The quantitative estimate of drug-likeness (QED) is 0.549. The van der Waals surface area contributed by atoms with Gasteiger partial charge in [-0.05, 0) is 56.3 Å². The molecule has 0 unspecified atom stereocenters. The van der Waals surface area contributed by atoms with Crippen molar-refractivity contribution in [1.29, 1.82) is 0 Å². The van der Waals surface area contributed by atoms with Crippen LogP contribution in [0.25, 0.3) is 22.6 Å². The number of fused-ring (bicyclic) bond motifs is 1. The molecule has 8 heteroatoms. The van der Waals surface area contributed by atoms with Gasteiger partial charge in [0.15, 0.2) is 5.58 Å². The number of aromatic nitrogens is 1. The molecular formula is C17H19N2NaO4S. The SMILES string of the molecule is CCN(CC)c1ccc(-c2nc3cc(S(=O)(=O)O)ccc3o2)cc1.[NaH]. The van der Waals surface area contributed by atoms with Crippen molar-refractivity contribution in [1.82, 2.24) is 4.98 Å². The van der Waals surface area contributed by atoms with E-state index in [0.29, 0.717) is 17.0 Å². The van der Waals surface area contributed by atoms with Crippen molar-refractivity contribution < 1.29 is 17.4 Å². The molecule has 3 rings (SSSR count). The molecular weight excluding hydrogens is 351 g/mol. The predicted octanol–water partition coefficient (Wildman–Crippen LogP) is 2.94. The van der Waals surface area contributed by atoms with Crippen LogP contribution in [0.2, 0.25) is 0 Å². The summed E-state index contributed by atoms with van der Waals surface area (Å²) in [4.78, 5) is 6.34. The first-order valence-electron chi connectivity index (χ1n) is 7.66. The van der Waals surface area contributed by atoms with Gasteiger partial charge in [-0.3, -0.25) is 4.55 Å². The van der Waals surface area contributed by atoms with Gasteiger partial charge in [0.25, 0.3) is 10.1 Å². The zero-order valence-electron chi connectivity index (χ0n) is 13.4. The van der Waals surface area contributed by atoms with Crippen molar-refractivity contribution in [2.45, 2.75) is 18.7 Å². The van der Waals surface area contributed by atoms with E-state index in [1.165, 1.54) is 18.2 Å². The average molecular weight is 370 g/mol. The van der Waals surface area contributed by atoms with Crippen LogP contribution in [-0.2, 0) is 10.1 Å². The van der Waals surface area contributed by atoms with Crippen LogP contribution in [-0.4, -0.2) is 60.6 Å². The van der Waals surface area contributed by atoms with Gasteiger partial charge in [0.05, 0.1) is 4.90 Å². The summed E-state index contributed by atoms with van der Waals surface area (Å²) in [7, 11) is -4.26. The van der Waals surface area contributed by atoms with Crippen molar-refractivity contribution >= 4 is 56.5 Å². The number of nitrogens with zero attached hydrogens (tertiary/aromatic N) is 2. The molecule has 6 nitrogen and oxygen atoms in total. The molecule has 1 N–H and O–H groups in total. The van der Waals surface area contributed by atoms with Crippen LogP contribution in [0.15, 0.2) is 51.8 Å². The second-order valence-electron chi connectivity index (χ2n) is 5.34. The first-order chi connectivity index (χ1) is 11.4. The van der Waals surface area contributed by atoms with E-state index in [1.807, 2.05) is 24.3 Å². The zero-order chi connectivity index (χ0) is 17.3. The minimum absolute atomic E-state index is 0. The second kappa shape index (κ2) is 7.88. The van der Waals surface area contributed by atoms with Gasteiger partial charge in [-0.15, -0.1) is 0 Å². The Hall–Kier alpha value is -1.38. The third-order valence-electron chi connectivity index (χ3n) is 3.90. The first-order valence-corrected chi connectivity index (χ1v) is 9.10. The van der Waals surface area contributed by atoms with Gasteiger partial charge >= 0.3 is 29.6 Å². The molecule has 0 radical (unpaired) electrons. The van der Waals surface area contributed by atoms with Gasteiger partial charge in [0.2, 0.25) is 5.89 Å². The molecule has 0 spiro atoms. The predicted molar refractivity (Wildman–Crippen MR) is 100.0 cm³/mol. The van der Waals surface area contributed by atoms with Crippen LogP contribution in [0.3, 0.4) is 0 Å². The van der Waals surface area contributed by atoms with Crippen LogP contribution in [0.4, 0.5) is 5.69 Å². The van der Waals surface area contributed by atoms with Gasteiger partial charge in [0.1, 0.15) is 5.52 Å². The van der Waals surface area contributed by atoms with E-state index in [-0.39, 0.29) is 34.5 Å². The van der Waals surface area contributed by atoms with Crippen LogP contribution in [0, 0.1) is 0 Å². The van der Waals surface area contributed by atoms with E-state index in [4.69, 9.17) is 8.97 Å². The fraction of sp³-hybridized carbons (Fsp3) is 0.235. The van der Waals surface area contributed by atoms with E-state index < -0.39 is 10.1 Å². The van der Waals surface area contributed by atoms with Gasteiger partial charge < -0.3 is 9.32 Å². The molecule has 0 aliphatic carbocycles. The topological polar surface area (TPSA) is 83.6 Å². The fourth-order valence-corrected chi connectivity index (χ4v) is 3.10. The van der Waals surface area contributed by atoms with Crippen molar-refractivity contribution in [2.75, 3.05) is 18.0 Å². The second-order valence-corrected chi connectivity index (χ2v) is 6.76. The molecule has 128 valence electrons. The Morgan fingerprint density at radius 2 is 1.72 bits per heavy atom. The summed E-state index contributed by atoms with van der Waals surface area (Å²) in [6, 6.07) is 11.9. The maximum absolute atomic E-state index is 11.2. The van der Waals surface area contributed by atoms with E-state index in [2.05, 4.69) is 23.7 Å². The van der Waals surface area contributed by atoms with Crippen LogP contribution in [0.5, 0.6) is 0 Å². The Kier molecular flexibility index (Phi) is 6.29. The molecule has 0 aliphatic rings. The molecule has 0 atom stereocenters. The minimum atomic E-state index is -4.26. The van der Waals surface area contributed by atoms with E-state index >= 15 is 0 Å². The number of rotatable bonds is 5. The number of benzene rings is 2. The molecule has 0 saturated heterocycles. The summed E-state index contributed by atoms with van der Waals surface area (Å²) in [6.45, 7) is 6.06. The number of oxazole rings is 1. The van der Waals surface area contributed by atoms with Crippen molar-refractivity contribution in [3.8, 4) is 11.5 Å². The monoisotopic (exact) mass is 370 g/mol. The molecule has 1 heterocycles. The first kappa shape index (κ1) is 19.9. The van der Waals surface area contributed by atoms with Gasteiger partial charge in [-0.2, -0.15) is 8.42 Å². The third kappa shape index (κ3) is 4.24. The summed E-state index contributed by atoms with van der Waals surface area (Å²) in [5.41, 5.74) is 2.77. The number of anilines is 1. The Morgan fingerprint density at radius 1 is 1.08 bits per heavy atom. The van der Waals surface area contributed by atoms with Gasteiger partial charge in [0, 0.05) is 24.3 Å². The van der Waals surface area contributed by atoms with Gasteiger partial charge in [-0.1, -0.05) is 0 Å². The molecule has 2 aromatic carbocycles. The number of hydrogen-bond donors (Lipinski definition) is 1. The van der Waals surface area contributed by atoms with E-state index in [0.717, 1.165) is 24.3 Å². The Morgan fingerprint density at radius 3 is 2.28 bits per heavy atom. The van der Waals surface area contributed by atoms with Crippen molar-refractivity contribution in [2.24, 2.45) is 0 Å². The Labute approximate surface area is 168 Å². The zero-order valence-corrected chi connectivity index (χ0v) is 14.2. The van der Waals surface area contributed by atoms with Crippen LogP contribution < -0.4 is 4.90 Å². The third-order valence-corrected chi connectivity index (χ3v) is 4.75. The average Bonchev–Trinajstić information content (AvgIpc) is 2.99. The molecule has 1 aromatic heterocycles. The van der Waals surface area contributed by atoms with E-state index in [9.17, 15) is 8.42 Å². The molecule has 0 amide bonds.